The summed E-state index contributed by atoms with van der Waals surface area (Å²) < 4.78 is 4.70. The summed E-state index contributed by atoms with van der Waals surface area (Å²) in [7, 11) is 0. The van der Waals surface area contributed by atoms with Gasteiger partial charge in [0, 0.05) is 24.3 Å². The number of hydrogen-bond acceptors (Lipinski definition) is 6. The maximum absolute atomic E-state index is 12.6. The van der Waals surface area contributed by atoms with E-state index < -0.39 is 11.7 Å². The van der Waals surface area contributed by atoms with Gasteiger partial charge < -0.3 is 14.7 Å². The molecule has 0 spiro atoms. The predicted octanol–water partition coefficient (Wildman–Crippen LogP) is 4.11. The van der Waals surface area contributed by atoms with Crippen LogP contribution in [0, 0.1) is 0 Å². The average molecular weight is 375 g/mol. The number of rotatable bonds is 7. The number of hydrogen-bond donors (Lipinski definition) is 1. The molecule has 0 aromatic heterocycles. The van der Waals surface area contributed by atoms with E-state index in [9.17, 15) is 14.7 Å². The second-order valence-electron chi connectivity index (χ2n) is 5.93. The van der Waals surface area contributed by atoms with E-state index in [0.29, 0.717) is 10.5 Å². The second kappa shape index (κ2) is 10.1. The van der Waals surface area contributed by atoms with Crippen molar-refractivity contribution in [1.29, 1.82) is 0 Å². The molecule has 1 aromatic rings. The molecule has 0 saturated carbocycles. The summed E-state index contributed by atoms with van der Waals surface area (Å²) in [5.41, 5.74) is 1.71. The van der Waals surface area contributed by atoms with Gasteiger partial charge in [0.25, 0.3) is 0 Å². The van der Waals surface area contributed by atoms with Crippen LogP contribution in [0.25, 0.3) is 0 Å². The summed E-state index contributed by atoms with van der Waals surface area (Å²) in [5, 5.41) is 9.64. The molecule has 1 fully saturated rings. The first-order valence-corrected chi connectivity index (χ1v) is 10.0. The fraction of sp³-hybridized carbons (Fsp3) is 0.400. The zero-order chi connectivity index (χ0) is 18.9. The Morgan fingerprint density at radius 2 is 1.81 bits per heavy atom. The molecule has 1 heterocycles. The lowest BCUT2D eigenvalue weighted by Crippen LogP contribution is -2.29. The zero-order valence-corrected chi connectivity index (χ0v) is 16.1. The van der Waals surface area contributed by atoms with Crippen molar-refractivity contribution in [1.82, 2.24) is 0 Å². The highest BCUT2D eigenvalue weighted by molar-refractivity contribution is 8.03. The van der Waals surface area contributed by atoms with E-state index in [4.69, 9.17) is 4.74 Å². The average Bonchev–Trinajstić information content (AvgIpc) is 2.69. The summed E-state index contributed by atoms with van der Waals surface area (Å²) in [6.07, 6.45) is 8.11. The van der Waals surface area contributed by atoms with E-state index >= 15 is 0 Å². The van der Waals surface area contributed by atoms with Gasteiger partial charge in [0.05, 0.1) is 11.5 Å². The maximum atomic E-state index is 12.6. The molecule has 0 unspecified atom stereocenters. The highest BCUT2D eigenvalue weighted by Crippen LogP contribution is 2.23. The standard InChI is InChI=1S/C20H25NO4S/c1-3-25-20(24)17(22)11-12-18(26-2)19(23)15-7-9-16(10-8-15)21-13-5-4-6-14-21/h7-12,22H,3-6,13-14H2,1-2H3/b17-11-,18-12-. The molecule has 0 bridgehead atoms. The summed E-state index contributed by atoms with van der Waals surface area (Å²) in [6, 6.07) is 7.60. The number of ether oxygens (including phenoxy) is 1. The van der Waals surface area contributed by atoms with Crippen molar-refractivity contribution in [3.8, 4) is 0 Å². The molecule has 1 aliphatic rings. The number of aliphatic hydroxyl groups is 1. The minimum Gasteiger partial charge on any atom is -0.502 e. The predicted molar refractivity (Wildman–Crippen MR) is 106 cm³/mol. The molecule has 5 nitrogen and oxygen atoms in total. The van der Waals surface area contributed by atoms with Crippen molar-refractivity contribution < 1.29 is 19.4 Å². The molecule has 1 aromatic carbocycles. The number of ketones is 1. The summed E-state index contributed by atoms with van der Waals surface area (Å²) in [5.74, 6) is -1.47. The van der Waals surface area contributed by atoms with Crippen LogP contribution in [-0.2, 0) is 9.53 Å². The van der Waals surface area contributed by atoms with Crippen LogP contribution in [0.5, 0.6) is 0 Å². The third kappa shape index (κ3) is 5.39. The molecule has 2 rings (SSSR count). The van der Waals surface area contributed by atoms with E-state index in [0.717, 1.165) is 18.8 Å². The third-order valence-corrected chi connectivity index (χ3v) is 4.93. The first-order valence-electron chi connectivity index (χ1n) is 8.78. The van der Waals surface area contributed by atoms with Crippen molar-refractivity contribution in [3.05, 3.63) is 52.6 Å². The number of allylic oxidation sites excluding steroid dienone is 3. The molecule has 140 valence electrons. The molecule has 1 N–H and O–H groups in total. The molecule has 26 heavy (non-hydrogen) atoms. The van der Waals surface area contributed by atoms with Crippen LogP contribution in [0.3, 0.4) is 0 Å². The fourth-order valence-corrected chi connectivity index (χ4v) is 3.29. The Kier molecular flexibility index (Phi) is 7.78. The van der Waals surface area contributed by atoms with Crippen LogP contribution in [0.2, 0.25) is 0 Å². The number of thioether (sulfide) groups is 1. The minimum atomic E-state index is -0.803. The third-order valence-electron chi connectivity index (χ3n) is 4.17. The van der Waals surface area contributed by atoms with Crippen LogP contribution < -0.4 is 4.90 Å². The number of carbonyl (C=O) groups is 2. The first-order chi connectivity index (χ1) is 12.6. The van der Waals surface area contributed by atoms with Gasteiger partial charge in [0.15, 0.2) is 5.78 Å². The number of Topliss-reactive ketones (excluding diaryl/α,β-unsaturated/α-hetero) is 1. The van der Waals surface area contributed by atoms with Crippen LogP contribution in [0.15, 0.2) is 47.1 Å². The molecule has 6 heteroatoms. The van der Waals surface area contributed by atoms with Gasteiger partial charge in [0.2, 0.25) is 5.76 Å². The van der Waals surface area contributed by atoms with Gasteiger partial charge in [-0.15, -0.1) is 11.8 Å². The van der Waals surface area contributed by atoms with Gasteiger partial charge in [-0.1, -0.05) is 0 Å². The Bertz CT molecular complexity index is 688. The number of anilines is 1. The highest BCUT2D eigenvalue weighted by atomic mass is 32.2. The second-order valence-corrected chi connectivity index (χ2v) is 6.78. The molecule has 0 amide bonds. The van der Waals surface area contributed by atoms with Crippen LogP contribution in [0.1, 0.15) is 36.5 Å². The first kappa shape index (κ1) is 20.1. The Balaban J connectivity index is 2.10. The molecule has 1 aliphatic heterocycles. The minimum absolute atomic E-state index is 0.143. The molecule has 1 saturated heterocycles. The Morgan fingerprint density at radius 1 is 1.15 bits per heavy atom. The van der Waals surface area contributed by atoms with Crippen molar-refractivity contribution in [3.63, 3.8) is 0 Å². The smallest absolute Gasteiger partial charge is 0.373 e. The lowest BCUT2D eigenvalue weighted by atomic mass is 10.1. The molecular formula is C20H25NO4S. The van der Waals surface area contributed by atoms with E-state index in [1.807, 2.05) is 24.3 Å². The van der Waals surface area contributed by atoms with E-state index in [-0.39, 0.29) is 12.4 Å². The van der Waals surface area contributed by atoms with E-state index in [1.165, 1.54) is 43.2 Å². The lowest BCUT2D eigenvalue weighted by Gasteiger charge is -2.28. The van der Waals surface area contributed by atoms with Crippen LogP contribution in [-0.4, -0.2) is 42.8 Å². The SMILES string of the molecule is CCOC(=O)/C(O)=C/C=C(\SC)C(=O)c1ccc(N2CCCCC2)cc1. The quantitative estimate of drug-likeness (QED) is 0.254. The number of piperidine rings is 1. The van der Waals surface area contributed by atoms with Crippen LogP contribution >= 0.6 is 11.8 Å². The van der Waals surface area contributed by atoms with Gasteiger partial charge in [0.1, 0.15) is 0 Å². The van der Waals surface area contributed by atoms with Crippen molar-refractivity contribution in [2.75, 3.05) is 30.9 Å². The van der Waals surface area contributed by atoms with Gasteiger partial charge in [-0.25, -0.2) is 4.79 Å². The molecular weight excluding hydrogens is 350 g/mol. The molecule has 0 aliphatic carbocycles. The zero-order valence-electron chi connectivity index (χ0n) is 15.2. The molecule has 0 atom stereocenters. The van der Waals surface area contributed by atoms with Crippen molar-refractivity contribution >= 4 is 29.2 Å². The highest BCUT2D eigenvalue weighted by Gasteiger charge is 2.14. The molecule has 0 radical (unpaired) electrons. The Morgan fingerprint density at radius 3 is 2.38 bits per heavy atom. The topological polar surface area (TPSA) is 66.8 Å². The summed E-state index contributed by atoms with van der Waals surface area (Å²) in [6.45, 7) is 3.95. The Hall–Kier alpha value is -2.21. The number of benzene rings is 1. The maximum Gasteiger partial charge on any atom is 0.373 e. The number of esters is 1. The summed E-state index contributed by atoms with van der Waals surface area (Å²) >= 11 is 1.27. The van der Waals surface area contributed by atoms with Crippen molar-refractivity contribution in [2.45, 2.75) is 26.2 Å². The fourth-order valence-electron chi connectivity index (χ4n) is 2.78. The van der Waals surface area contributed by atoms with Gasteiger partial charge in [-0.3, -0.25) is 4.79 Å². The van der Waals surface area contributed by atoms with Gasteiger partial charge in [-0.05, 0) is 68.9 Å². The largest absolute Gasteiger partial charge is 0.502 e. The lowest BCUT2D eigenvalue weighted by molar-refractivity contribution is -0.141. The number of nitrogens with zero attached hydrogens (tertiary/aromatic N) is 1. The van der Waals surface area contributed by atoms with E-state index in [1.54, 1.807) is 13.2 Å². The summed E-state index contributed by atoms with van der Waals surface area (Å²) in [4.78, 5) is 26.8. The Labute approximate surface area is 158 Å². The van der Waals surface area contributed by atoms with Gasteiger partial charge >= 0.3 is 5.97 Å². The van der Waals surface area contributed by atoms with Crippen LogP contribution in [0.4, 0.5) is 5.69 Å². The number of carbonyl (C=O) groups excluding carboxylic acids is 2. The van der Waals surface area contributed by atoms with Crippen molar-refractivity contribution in [2.24, 2.45) is 0 Å². The monoisotopic (exact) mass is 375 g/mol. The van der Waals surface area contributed by atoms with Gasteiger partial charge in [-0.2, -0.15) is 0 Å². The van der Waals surface area contributed by atoms with E-state index in [2.05, 4.69) is 4.90 Å². The normalized spacial score (nSPS) is 15.7. The number of aliphatic hydroxyl groups excluding tert-OH is 1.